The molecule has 1 saturated carbocycles. The molecule has 0 aliphatic heterocycles. The molecule has 1 aliphatic carbocycles. The van der Waals surface area contributed by atoms with Gasteiger partial charge in [0.05, 0.1) is 0 Å². The average Bonchev–Trinajstić information content (AvgIpc) is 2.96. The molecule has 5 nitrogen and oxygen atoms in total. The fraction of sp³-hybridized carbons (Fsp3) is 0.458. The minimum Gasteiger partial charge on any atom is -0.348 e. The lowest BCUT2D eigenvalue weighted by atomic mass is 9.87. The van der Waals surface area contributed by atoms with Crippen LogP contribution < -0.4 is 10.6 Å². The molecular formula is C24H31N3O2. The Morgan fingerprint density at radius 3 is 2.21 bits per heavy atom. The summed E-state index contributed by atoms with van der Waals surface area (Å²) in [5.74, 6) is -0.458. The van der Waals surface area contributed by atoms with Gasteiger partial charge in [0, 0.05) is 23.5 Å². The number of benzene rings is 1. The van der Waals surface area contributed by atoms with Crippen molar-refractivity contribution in [3.05, 3.63) is 59.4 Å². The van der Waals surface area contributed by atoms with E-state index in [2.05, 4.69) is 36.4 Å². The van der Waals surface area contributed by atoms with Crippen LogP contribution in [0.2, 0.25) is 0 Å². The van der Waals surface area contributed by atoms with Gasteiger partial charge < -0.3 is 10.6 Å². The predicted octanol–water partition coefficient (Wildman–Crippen LogP) is 5.08. The van der Waals surface area contributed by atoms with Crippen molar-refractivity contribution in [1.82, 2.24) is 10.3 Å². The summed E-state index contributed by atoms with van der Waals surface area (Å²) in [5, 5.41) is 5.97. The molecule has 2 amide bonds. The largest absolute Gasteiger partial charge is 0.348 e. The highest BCUT2D eigenvalue weighted by Gasteiger charge is 2.18. The van der Waals surface area contributed by atoms with E-state index in [4.69, 9.17) is 0 Å². The Morgan fingerprint density at radius 2 is 1.59 bits per heavy atom. The lowest BCUT2D eigenvalue weighted by Gasteiger charge is -2.19. The average molecular weight is 394 g/mol. The molecule has 2 N–H and O–H groups in total. The summed E-state index contributed by atoms with van der Waals surface area (Å²) in [6, 6.07) is 11.2. The highest BCUT2D eigenvalue weighted by atomic mass is 16.2. The van der Waals surface area contributed by atoms with Crippen LogP contribution in [0, 0.1) is 0 Å². The number of nitrogens with one attached hydrogen (secondary N) is 2. The smallest absolute Gasteiger partial charge is 0.270 e. The van der Waals surface area contributed by atoms with Crippen molar-refractivity contribution in [2.24, 2.45) is 0 Å². The number of anilines is 1. The van der Waals surface area contributed by atoms with Gasteiger partial charge >= 0.3 is 0 Å². The molecule has 1 fully saturated rings. The lowest BCUT2D eigenvalue weighted by molar-refractivity contribution is 0.0928. The lowest BCUT2D eigenvalue weighted by Crippen LogP contribution is -2.35. The Morgan fingerprint density at radius 1 is 0.931 bits per heavy atom. The van der Waals surface area contributed by atoms with Gasteiger partial charge in [-0.2, -0.15) is 0 Å². The molecular weight excluding hydrogens is 362 g/mol. The minimum absolute atomic E-state index is 0.0627. The molecule has 0 saturated heterocycles. The third-order valence-corrected chi connectivity index (χ3v) is 5.45. The third-order valence-electron chi connectivity index (χ3n) is 5.45. The molecule has 1 heterocycles. The highest BCUT2D eigenvalue weighted by Crippen LogP contribution is 2.23. The molecule has 0 radical (unpaired) electrons. The van der Waals surface area contributed by atoms with E-state index < -0.39 is 0 Å². The van der Waals surface area contributed by atoms with Crippen LogP contribution in [0.15, 0.2) is 42.6 Å². The molecule has 0 bridgehead atoms. The van der Waals surface area contributed by atoms with Gasteiger partial charge in [-0.1, -0.05) is 58.6 Å². The van der Waals surface area contributed by atoms with E-state index in [-0.39, 0.29) is 29.0 Å². The van der Waals surface area contributed by atoms with Gasteiger partial charge in [-0.3, -0.25) is 14.6 Å². The molecule has 0 unspecified atom stereocenters. The van der Waals surface area contributed by atoms with E-state index >= 15 is 0 Å². The summed E-state index contributed by atoms with van der Waals surface area (Å²) in [6.45, 7) is 6.46. The molecule has 2 aromatic rings. The first-order chi connectivity index (χ1) is 13.8. The first-order valence-corrected chi connectivity index (χ1v) is 10.5. The number of aromatic nitrogens is 1. The molecule has 5 heteroatoms. The van der Waals surface area contributed by atoms with E-state index in [9.17, 15) is 9.59 Å². The molecule has 1 aromatic carbocycles. The molecule has 29 heavy (non-hydrogen) atoms. The summed E-state index contributed by atoms with van der Waals surface area (Å²) in [5.41, 5.74) is 2.70. The van der Waals surface area contributed by atoms with Gasteiger partial charge in [0.25, 0.3) is 11.8 Å². The second kappa shape index (κ2) is 9.21. The minimum atomic E-state index is -0.251. The summed E-state index contributed by atoms with van der Waals surface area (Å²) < 4.78 is 0. The maximum Gasteiger partial charge on any atom is 0.270 e. The van der Waals surface area contributed by atoms with Gasteiger partial charge in [0.1, 0.15) is 5.69 Å². The third kappa shape index (κ3) is 5.89. The number of rotatable bonds is 4. The maximum absolute atomic E-state index is 12.6. The summed E-state index contributed by atoms with van der Waals surface area (Å²) in [4.78, 5) is 29.4. The zero-order chi connectivity index (χ0) is 20.9. The molecule has 154 valence electrons. The van der Waals surface area contributed by atoms with E-state index in [1.807, 2.05) is 24.3 Å². The van der Waals surface area contributed by atoms with Crippen LogP contribution in [0.1, 0.15) is 85.7 Å². The number of nitrogens with zero attached hydrogens (tertiary/aromatic N) is 1. The number of hydrogen-bond donors (Lipinski definition) is 2. The fourth-order valence-corrected chi connectivity index (χ4v) is 3.64. The van der Waals surface area contributed by atoms with E-state index in [1.165, 1.54) is 24.6 Å². The van der Waals surface area contributed by atoms with Gasteiger partial charge in [-0.15, -0.1) is 0 Å². The van der Waals surface area contributed by atoms with Crippen molar-refractivity contribution in [2.75, 3.05) is 5.32 Å². The standard InChI is InChI=1S/C24H31N3O2/c1-24(2,3)18-10-12-20(13-11-18)26-22(28)17-14-15-25-21(16-17)23(29)27-19-8-6-4-5-7-9-19/h10-16,19H,4-9H2,1-3H3,(H,26,28)(H,27,29). The Balaban J connectivity index is 1.65. The van der Waals surface area contributed by atoms with Gasteiger partial charge in [-0.05, 0) is 48.1 Å². The van der Waals surface area contributed by atoms with Crippen LogP contribution in [0.4, 0.5) is 5.69 Å². The zero-order valence-electron chi connectivity index (χ0n) is 17.6. The molecule has 0 spiro atoms. The van der Waals surface area contributed by atoms with Crippen LogP contribution in [0.25, 0.3) is 0 Å². The second-order valence-electron chi connectivity index (χ2n) is 8.87. The van der Waals surface area contributed by atoms with Crippen LogP contribution >= 0.6 is 0 Å². The van der Waals surface area contributed by atoms with Gasteiger partial charge in [-0.25, -0.2) is 0 Å². The van der Waals surface area contributed by atoms with Gasteiger partial charge in [0.2, 0.25) is 0 Å². The monoisotopic (exact) mass is 393 g/mol. The van der Waals surface area contributed by atoms with Crippen molar-refractivity contribution in [2.45, 2.75) is 70.8 Å². The number of amides is 2. The SMILES string of the molecule is CC(C)(C)c1ccc(NC(=O)c2ccnc(C(=O)NC3CCCCCC3)c2)cc1. The summed E-state index contributed by atoms with van der Waals surface area (Å²) in [7, 11) is 0. The van der Waals surface area contributed by atoms with Crippen LogP contribution in [0.5, 0.6) is 0 Å². The quantitative estimate of drug-likeness (QED) is 0.711. The molecule has 1 aliphatic rings. The number of carbonyl (C=O) groups is 2. The predicted molar refractivity (Wildman–Crippen MR) is 116 cm³/mol. The van der Waals surface area contributed by atoms with Gasteiger partial charge in [0.15, 0.2) is 0 Å². The molecule has 3 rings (SSSR count). The van der Waals surface area contributed by atoms with Crippen molar-refractivity contribution in [3.63, 3.8) is 0 Å². The zero-order valence-corrected chi connectivity index (χ0v) is 17.6. The highest BCUT2D eigenvalue weighted by molar-refractivity contribution is 6.05. The van der Waals surface area contributed by atoms with Crippen molar-refractivity contribution >= 4 is 17.5 Å². The maximum atomic E-state index is 12.6. The Kier molecular flexibility index (Phi) is 6.68. The first kappa shape index (κ1) is 21.0. The first-order valence-electron chi connectivity index (χ1n) is 10.5. The Hall–Kier alpha value is -2.69. The second-order valence-corrected chi connectivity index (χ2v) is 8.87. The van der Waals surface area contributed by atoms with Crippen LogP contribution in [-0.2, 0) is 5.41 Å². The number of hydrogen-bond acceptors (Lipinski definition) is 3. The summed E-state index contributed by atoms with van der Waals surface area (Å²) >= 11 is 0. The fourth-order valence-electron chi connectivity index (χ4n) is 3.64. The van der Waals surface area contributed by atoms with Crippen molar-refractivity contribution in [3.8, 4) is 0 Å². The van der Waals surface area contributed by atoms with E-state index in [0.29, 0.717) is 5.56 Å². The Labute approximate surface area is 173 Å². The molecule has 0 atom stereocenters. The Bertz CT molecular complexity index is 845. The summed E-state index contributed by atoms with van der Waals surface area (Å²) in [6.07, 6.45) is 8.30. The van der Waals surface area contributed by atoms with Crippen LogP contribution in [-0.4, -0.2) is 22.8 Å². The van der Waals surface area contributed by atoms with E-state index in [0.717, 1.165) is 31.4 Å². The molecule has 1 aromatic heterocycles. The normalized spacial score (nSPS) is 15.4. The van der Waals surface area contributed by atoms with Crippen molar-refractivity contribution < 1.29 is 9.59 Å². The topological polar surface area (TPSA) is 71.1 Å². The van der Waals surface area contributed by atoms with Crippen molar-refractivity contribution in [1.29, 1.82) is 0 Å². The van der Waals surface area contributed by atoms with E-state index in [1.54, 1.807) is 12.1 Å². The number of pyridine rings is 1. The number of carbonyl (C=O) groups excluding carboxylic acids is 2. The van der Waals surface area contributed by atoms with Crippen LogP contribution in [0.3, 0.4) is 0 Å².